The minimum atomic E-state index is -0.749. The van der Waals surface area contributed by atoms with Crippen LogP contribution in [-0.2, 0) is 16.1 Å². The Kier molecular flexibility index (Phi) is 10.6. The predicted octanol–water partition coefficient (Wildman–Crippen LogP) is 5.01. The number of nitrogens with zero attached hydrogens (tertiary/aromatic N) is 2. The van der Waals surface area contributed by atoms with Crippen LogP contribution in [0.2, 0.25) is 10.0 Å². The Bertz CT molecular complexity index is 1070. The molecule has 0 unspecified atom stereocenters. The Morgan fingerprint density at radius 2 is 1.83 bits per heavy atom. The highest BCUT2D eigenvalue weighted by Gasteiger charge is 2.30. The molecule has 2 aromatic carbocycles. The molecule has 0 aliphatic carbocycles. The molecule has 0 saturated carbocycles. The third-order valence-corrected chi connectivity index (χ3v) is 6.17. The van der Waals surface area contributed by atoms with Crippen molar-refractivity contribution in [3.05, 3.63) is 62.1 Å². The predicted molar refractivity (Wildman–Crippen MR) is 134 cm³/mol. The van der Waals surface area contributed by atoms with Crippen LogP contribution in [0, 0.1) is 10.1 Å². The van der Waals surface area contributed by atoms with E-state index in [1.165, 1.54) is 30.2 Å². The topological polar surface area (TPSA) is 111 Å². The minimum Gasteiger partial charge on any atom is -0.490 e. The van der Waals surface area contributed by atoms with E-state index in [0.29, 0.717) is 22.0 Å². The summed E-state index contributed by atoms with van der Waals surface area (Å²) in [4.78, 5) is 38.2. The summed E-state index contributed by atoms with van der Waals surface area (Å²) >= 11 is 12.2. The van der Waals surface area contributed by atoms with E-state index in [2.05, 4.69) is 5.32 Å². The number of rotatable bonds is 12. The van der Waals surface area contributed by atoms with E-state index < -0.39 is 23.5 Å². The van der Waals surface area contributed by atoms with Crippen LogP contribution in [-0.4, -0.2) is 47.4 Å². The first-order valence-electron chi connectivity index (χ1n) is 11.1. The van der Waals surface area contributed by atoms with Crippen molar-refractivity contribution >= 4 is 40.7 Å². The fraction of sp³-hybridized carbons (Fsp3) is 0.417. The van der Waals surface area contributed by atoms with Gasteiger partial charge < -0.3 is 19.7 Å². The average molecular weight is 526 g/mol. The Labute approximate surface area is 214 Å². The fourth-order valence-corrected chi connectivity index (χ4v) is 3.64. The summed E-state index contributed by atoms with van der Waals surface area (Å²) in [6.45, 7) is 5.38. The van der Waals surface area contributed by atoms with Crippen LogP contribution in [0.15, 0.2) is 36.4 Å². The zero-order valence-corrected chi connectivity index (χ0v) is 21.6. The third-order valence-electron chi connectivity index (χ3n) is 5.43. The number of carbonyl (C=O) groups is 2. The molecule has 0 spiro atoms. The maximum absolute atomic E-state index is 13.3. The lowest BCUT2D eigenvalue weighted by atomic mass is 10.1. The quantitative estimate of drug-likeness (QED) is 0.308. The molecule has 0 heterocycles. The van der Waals surface area contributed by atoms with Gasteiger partial charge in [0.25, 0.3) is 5.91 Å². The molecule has 0 saturated heterocycles. The maximum atomic E-state index is 13.3. The fourth-order valence-electron chi connectivity index (χ4n) is 3.32. The Morgan fingerprint density at radius 1 is 1.11 bits per heavy atom. The number of ether oxygens (including phenoxy) is 2. The van der Waals surface area contributed by atoms with E-state index in [4.69, 9.17) is 32.7 Å². The summed E-state index contributed by atoms with van der Waals surface area (Å²) < 4.78 is 10.7. The monoisotopic (exact) mass is 525 g/mol. The van der Waals surface area contributed by atoms with Crippen LogP contribution in [0.4, 0.5) is 5.69 Å². The highest BCUT2D eigenvalue weighted by molar-refractivity contribution is 6.42. The van der Waals surface area contributed by atoms with Gasteiger partial charge in [-0.05, 0) is 43.5 Å². The summed E-state index contributed by atoms with van der Waals surface area (Å²) in [5, 5.41) is 14.7. The maximum Gasteiger partial charge on any atom is 0.311 e. The molecule has 1 N–H and O–H groups in total. The molecule has 0 aromatic heterocycles. The van der Waals surface area contributed by atoms with Gasteiger partial charge in [0.15, 0.2) is 6.61 Å². The number of nitro benzene ring substituents is 1. The number of hydrogen-bond acceptors (Lipinski definition) is 6. The molecule has 35 heavy (non-hydrogen) atoms. The van der Waals surface area contributed by atoms with Gasteiger partial charge >= 0.3 is 5.69 Å². The molecule has 190 valence electrons. The zero-order valence-electron chi connectivity index (χ0n) is 20.0. The first-order valence-corrected chi connectivity index (χ1v) is 11.9. The van der Waals surface area contributed by atoms with Gasteiger partial charge in [-0.15, -0.1) is 0 Å². The second-order valence-electron chi connectivity index (χ2n) is 7.89. The number of nitrogens with one attached hydrogen (secondary N) is 1. The van der Waals surface area contributed by atoms with Crippen LogP contribution >= 0.6 is 23.2 Å². The summed E-state index contributed by atoms with van der Waals surface area (Å²) in [5.41, 5.74) is 0.472. The number of methoxy groups -OCH3 is 1. The highest BCUT2D eigenvalue weighted by Crippen LogP contribution is 2.31. The summed E-state index contributed by atoms with van der Waals surface area (Å²) in [7, 11) is 1.30. The molecule has 2 aromatic rings. The molecule has 2 amide bonds. The first-order chi connectivity index (χ1) is 16.6. The summed E-state index contributed by atoms with van der Waals surface area (Å²) in [6.07, 6.45) is 1.12. The van der Waals surface area contributed by atoms with Gasteiger partial charge in [0.2, 0.25) is 11.7 Å². The van der Waals surface area contributed by atoms with Crippen molar-refractivity contribution in [2.24, 2.45) is 0 Å². The van der Waals surface area contributed by atoms with Crippen molar-refractivity contribution in [2.45, 2.75) is 52.2 Å². The van der Waals surface area contributed by atoms with E-state index in [1.54, 1.807) is 18.2 Å². The van der Waals surface area contributed by atoms with Gasteiger partial charge in [-0.25, -0.2) is 0 Å². The average Bonchev–Trinajstić information content (AvgIpc) is 2.83. The molecule has 2 atom stereocenters. The van der Waals surface area contributed by atoms with E-state index in [-0.39, 0.29) is 35.7 Å². The van der Waals surface area contributed by atoms with Crippen molar-refractivity contribution in [1.29, 1.82) is 0 Å². The zero-order chi connectivity index (χ0) is 26.1. The number of nitro groups is 1. The number of amides is 2. The smallest absolute Gasteiger partial charge is 0.311 e. The van der Waals surface area contributed by atoms with E-state index in [0.717, 1.165) is 6.42 Å². The molecule has 0 fully saturated rings. The second-order valence-corrected chi connectivity index (χ2v) is 8.71. The number of hydrogen-bond donors (Lipinski definition) is 1. The minimum absolute atomic E-state index is 0.00646. The van der Waals surface area contributed by atoms with Gasteiger partial charge in [-0.2, -0.15) is 0 Å². The van der Waals surface area contributed by atoms with E-state index >= 15 is 0 Å². The lowest BCUT2D eigenvalue weighted by molar-refractivity contribution is -0.385. The molecule has 0 radical (unpaired) electrons. The lowest BCUT2D eigenvalue weighted by Gasteiger charge is -2.31. The van der Waals surface area contributed by atoms with Crippen LogP contribution in [0.1, 0.15) is 39.2 Å². The number of benzene rings is 2. The van der Waals surface area contributed by atoms with E-state index in [1.807, 2.05) is 20.8 Å². The molecular weight excluding hydrogens is 497 g/mol. The Balaban J connectivity index is 2.28. The molecule has 11 heteroatoms. The Morgan fingerprint density at radius 3 is 2.40 bits per heavy atom. The highest BCUT2D eigenvalue weighted by atomic mass is 35.5. The van der Waals surface area contributed by atoms with Crippen molar-refractivity contribution in [2.75, 3.05) is 13.7 Å². The van der Waals surface area contributed by atoms with Crippen LogP contribution in [0.25, 0.3) is 0 Å². The SMILES string of the molecule is CC[C@H](C)NC(=O)[C@H](CC)N(Cc1ccc(Cl)c(Cl)c1)C(=O)COc1ccc([N+](=O)[O-])c(OC)c1. The van der Waals surface area contributed by atoms with Crippen molar-refractivity contribution in [3.8, 4) is 11.5 Å². The van der Waals surface area contributed by atoms with Crippen molar-refractivity contribution in [1.82, 2.24) is 10.2 Å². The van der Waals surface area contributed by atoms with Crippen LogP contribution in [0.5, 0.6) is 11.5 Å². The summed E-state index contributed by atoms with van der Waals surface area (Å²) in [5.74, 6) is -0.494. The van der Waals surface area contributed by atoms with Crippen LogP contribution < -0.4 is 14.8 Å². The van der Waals surface area contributed by atoms with Crippen molar-refractivity contribution in [3.63, 3.8) is 0 Å². The third kappa shape index (κ3) is 7.73. The molecule has 0 bridgehead atoms. The molecule has 0 aliphatic rings. The van der Waals surface area contributed by atoms with Crippen LogP contribution in [0.3, 0.4) is 0 Å². The molecule has 9 nitrogen and oxygen atoms in total. The summed E-state index contributed by atoms with van der Waals surface area (Å²) in [6, 6.07) is 8.15. The van der Waals surface area contributed by atoms with Gasteiger partial charge in [0.05, 0.1) is 22.1 Å². The molecular formula is C24H29Cl2N3O6. The normalized spacial score (nSPS) is 12.4. The number of halogens is 2. The van der Waals surface area contributed by atoms with Gasteiger partial charge in [-0.1, -0.05) is 43.1 Å². The largest absolute Gasteiger partial charge is 0.490 e. The van der Waals surface area contributed by atoms with Gasteiger partial charge in [0, 0.05) is 24.7 Å². The molecule has 0 aliphatic heterocycles. The number of carbonyl (C=O) groups excluding carboxylic acids is 2. The molecule has 2 rings (SSSR count). The second kappa shape index (κ2) is 13.2. The van der Waals surface area contributed by atoms with Crippen molar-refractivity contribution < 1.29 is 24.0 Å². The Hall–Kier alpha value is -3.04. The van der Waals surface area contributed by atoms with Gasteiger partial charge in [-0.3, -0.25) is 19.7 Å². The van der Waals surface area contributed by atoms with Gasteiger partial charge in [0.1, 0.15) is 11.8 Å². The standard InChI is InChI=1S/C24H29Cl2N3O6/c1-5-15(3)27-24(31)20(6-2)28(13-16-7-9-18(25)19(26)11-16)23(30)14-35-17-8-10-21(29(32)33)22(12-17)34-4/h7-12,15,20H,5-6,13-14H2,1-4H3,(H,27,31)/t15-,20-/m0/s1. The lowest BCUT2D eigenvalue weighted by Crippen LogP contribution is -2.51. The first kappa shape index (κ1) is 28.2. The van der Waals surface area contributed by atoms with E-state index in [9.17, 15) is 19.7 Å².